The van der Waals surface area contributed by atoms with E-state index >= 15 is 0 Å². The molecule has 17 heavy (non-hydrogen) atoms. The molecule has 0 amide bonds. The van der Waals surface area contributed by atoms with Gasteiger partial charge in [0, 0.05) is 12.2 Å². The Bertz CT molecular complexity index is 395. The van der Waals surface area contributed by atoms with E-state index in [1.165, 1.54) is 0 Å². The maximum Gasteiger partial charge on any atom is 0.331 e. The van der Waals surface area contributed by atoms with Crippen molar-refractivity contribution in [3.8, 4) is 0 Å². The molecule has 0 aliphatic rings. The third-order valence-corrected chi connectivity index (χ3v) is 1.87. The molecule has 0 N–H and O–H groups in total. The molecule has 90 valence electrons. The van der Waals surface area contributed by atoms with Crippen LogP contribution < -0.4 is 0 Å². The van der Waals surface area contributed by atoms with Gasteiger partial charge in [-0.25, -0.2) is 9.59 Å². The van der Waals surface area contributed by atoms with Crippen molar-refractivity contribution >= 4 is 11.9 Å². The normalized spacial score (nSPS) is 10.2. The first-order chi connectivity index (χ1) is 8.22. The van der Waals surface area contributed by atoms with E-state index in [0.29, 0.717) is 0 Å². The third-order valence-electron chi connectivity index (χ3n) is 1.87. The number of hydrogen-bond donors (Lipinski definition) is 0. The van der Waals surface area contributed by atoms with Crippen LogP contribution in [0.1, 0.15) is 12.5 Å². The van der Waals surface area contributed by atoms with Gasteiger partial charge in [-0.05, 0) is 12.5 Å². The molecule has 0 saturated carbocycles. The zero-order valence-corrected chi connectivity index (χ0v) is 9.59. The Labute approximate surface area is 99.8 Å². The molecule has 4 nitrogen and oxygen atoms in total. The zero-order chi connectivity index (χ0) is 12.5. The fourth-order valence-corrected chi connectivity index (χ4v) is 1.10. The molecular weight excluding hydrogens is 220 g/mol. The standard InChI is InChI=1S/C13H14O4/c1-2-16-12(14)8-9-13(15)17-10-11-6-4-3-5-7-11/h3-9H,2,10H2,1H3/b9-8+. The summed E-state index contributed by atoms with van der Waals surface area (Å²) in [6.07, 6.45) is 2.11. The van der Waals surface area contributed by atoms with Crippen LogP contribution in [-0.4, -0.2) is 18.5 Å². The second-order valence-corrected chi connectivity index (χ2v) is 3.18. The van der Waals surface area contributed by atoms with Crippen molar-refractivity contribution in [1.29, 1.82) is 0 Å². The summed E-state index contributed by atoms with van der Waals surface area (Å²) in [6, 6.07) is 9.30. The summed E-state index contributed by atoms with van der Waals surface area (Å²) >= 11 is 0. The molecule has 0 fully saturated rings. The minimum atomic E-state index is -0.568. The average molecular weight is 234 g/mol. The SMILES string of the molecule is CCOC(=O)/C=C/C(=O)OCc1ccccc1. The molecule has 0 aliphatic carbocycles. The van der Waals surface area contributed by atoms with E-state index in [4.69, 9.17) is 4.74 Å². The molecule has 1 aromatic carbocycles. The van der Waals surface area contributed by atoms with Crippen molar-refractivity contribution in [1.82, 2.24) is 0 Å². The predicted molar refractivity (Wildman–Crippen MR) is 62.0 cm³/mol. The van der Waals surface area contributed by atoms with E-state index in [2.05, 4.69) is 4.74 Å². The average Bonchev–Trinajstić information content (AvgIpc) is 2.35. The van der Waals surface area contributed by atoms with Crippen LogP contribution in [0.5, 0.6) is 0 Å². The molecule has 0 saturated heterocycles. The Balaban J connectivity index is 2.33. The number of benzene rings is 1. The highest BCUT2D eigenvalue weighted by Gasteiger charge is 2.00. The molecule has 0 heterocycles. The maximum absolute atomic E-state index is 11.2. The van der Waals surface area contributed by atoms with Gasteiger partial charge < -0.3 is 9.47 Å². The molecule has 4 heteroatoms. The lowest BCUT2D eigenvalue weighted by Crippen LogP contribution is -2.04. The van der Waals surface area contributed by atoms with E-state index < -0.39 is 11.9 Å². The molecule has 1 aromatic rings. The summed E-state index contributed by atoms with van der Waals surface area (Å²) in [5.41, 5.74) is 0.894. The third kappa shape index (κ3) is 5.51. The van der Waals surface area contributed by atoms with Crippen LogP contribution in [0.4, 0.5) is 0 Å². The van der Waals surface area contributed by atoms with Gasteiger partial charge >= 0.3 is 11.9 Å². The van der Waals surface area contributed by atoms with E-state index in [9.17, 15) is 9.59 Å². The molecule has 0 radical (unpaired) electrons. The van der Waals surface area contributed by atoms with Crippen LogP contribution in [0.15, 0.2) is 42.5 Å². The van der Waals surface area contributed by atoms with E-state index in [0.717, 1.165) is 17.7 Å². The first kappa shape index (κ1) is 13.0. The number of esters is 2. The minimum absolute atomic E-state index is 0.187. The molecule has 0 bridgehead atoms. The quantitative estimate of drug-likeness (QED) is 0.576. The van der Waals surface area contributed by atoms with Crippen LogP contribution in [0, 0.1) is 0 Å². The van der Waals surface area contributed by atoms with Crippen molar-refractivity contribution in [2.24, 2.45) is 0 Å². The van der Waals surface area contributed by atoms with Gasteiger partial charge in [0.15, 0.2) is 0 Å². The molecule has 0 spiro atoms. The zero-order valence-electron chi connectivity index (χ0n) is 9.59. The first-order valence-corrected chi connectivity index (χ1v) is 5.28. The largest absolute Gasteiger partial charge is 0.463 e. The van der Waals surface area contributed by atoms with Crippen molar-refractivity contribution in [2.75, 3.05) is 6.61 Å². The predicted octanol–water partition coefficient (Wildman–Crippen LogP) is 1.85. The van der Waals surface area contributed by atoms with Gasteiger partial charge in [-0.15, -0.1) is 0 Å². The molecule has 0 unspecified atom stereocenters. The van der Waals surface area contributed by atoms with Gasteiger partial charge in [0.05, 0.1) is 6.61 Å². The highest BCUT2D eigenvalue weighted by molar-refractivity contribution is 5.91. The number of carbonyl (C=O) groups is 2. The summed E-state index contributed by atoms with van der Waals surface area (Å²) in [4.78, 5) is 22.1. The summed E-state index contributed by atoms with van der Waals surface area (Å²) in [7, 11) is 0. The number of hydrogen-bond acceptors (Lipinski definition) is 4. The maximum atomic E-state index is 11.2. The Kier molecular flexibility index (Phi) is 5.51. The smallest absolute Gasteiger partial charge is 0.331 e. The second-order valence-electron chi connectivity index (χ2n) is 3.18. The minimum Gasteiger partial charge on any atom is -0.463 e. The van der Waals surface area contributed by atoms with Crippen molar-refractivity contribution < 1.29 is 19.1 Å². The Hall–Kier alpha value is -2.10. The Morgan fingerprint density at radius 3 is 2.24 bits per heavy atom. The number of rotatable bonds is 5. The van der Waals surface area contributed by atoms with Gasteiger partial charge in [0.1, 0.15) is 6.61 Å². The number of carbonyl (C=O) groups excluding carboxylic acids is 2. The summed E-state index contributed by atoms with van der Waals surface area (Å²) in [6.45, 7) is 2.16. The van der Waals surface area contributed by atoms with E-state index in [1.54, 1.807) is 6.92 Å². The summed E-state index contributed by atoms with van der Waals surface area (Å²) in [5, 5.41) is 0. The lowest BCUT2D eigenvalue weighted by Gasteiger charge is -2.01. The van der Waals surface area contributed by atoms with Crippen LogP contribution in [-0.2, 0) is 25.7 Å². The van der Waals surface area contributed by atoms with Gasteiger partial charge in [0.25, 0.3) is 0 Å². The number of ether oxygens (including phenoxy) is 2. The lowest BCUT2D eigenvalue weighted by molar-refractivity contribution is -0.141. The molecular formula is C13H14O4. The van der Waals surface area contributed by atoms with Crippen molar-refractivity contribution in [2.45, 2.75) is 13.5 Å². The van der Waals surface area contributed by atoms with Gasteiger partial charge in [-0.2, -0.15) is 0 Å². The molecule has 0 aromatic heterocycles. The van der Waals surface area contributed by atoms with Gasteiger partial charge in [-0.3, -0.25) is 0 Å². The topological polar surface area (TPSA) is 52.6 Å². The van der Waals surface area contributed by atoms with Crippen LogP contribution in [0.2, 0.25) is 0 Å². The Morgan fingerprint density at radius 2 is 1.65 bits per heavy atom. The highest BCUT2D eigenvalue weighted by Crippen LogP contribution is 2.00. The first-order valence-electron chi connectivity index (χ1n) is 5.28. The Morgan fingerprint density at radius 1 is 1.06 bits per heavy atom. The van der Waals surface area contributed by atoms with Gasteiger partial charge in [-0.1, -0.05) is 30.3 Å². The van der Waals surface area contributed by atoms with Gasteiger partial charge in [0.2, 0.25) is 0 Å². The summed E-state index contributed by atoms with van der Waals surface area (Å²) < 4.78 is 9.54. The van der Waals surface area contributed by atoms with E-state index in [-0.39, 0.29) is 13.2 Å². The highest BCUT2D eigenvalue weighted by atomic mass is 16.5. The fourth-order valence-electron chi connectivity index (χ4n) is 1.10. The fraction of sp³-hybridized carbons (Fsp3) is 0.231. The van der Waals surface area contributed by atoms with Crippen LogP contribution in [0.25, 0.3) is 0 Å². The van der Waals surface area contributed by atoms with Crippen LogP contribution >= 0.6 is 0 Å². The monoisotopic (exact) mass is 234 g/mol. The molecule has 1 rings (SSSR count). The van der Waals surface area contributed by atoms with Crippen molar-refractivity contribution in [3.63, 3.8) is 0 Å². The van der Waals surface area contributed by atoms with Crippen LogP contribution in [0.3, 0.4) is 0 Å². The lowest BCUT2D eigenvalue weighted by atomic mass is 10.2. The van der Waals surface area contributed by atoms with E-state index in [1.807, 2.05) is 30.3 Å². The molecule has 0 aliphatic heterocycles. The summed E-state index contributed by atoms with van der Waals surface area (Å²) in [5.74, 6) is -1.12. The van der Waals surface area contributed by atoms with Crippen molar-refractivity contribution in [3.05, 3.63) is 48.0 Å². The molecule has 0 atom stereocenters. The second kappa shape index (κ2) is 7.22.